The van der Waals surface area contributed by atoms with Gasteiger partial charge < -0.3 is 5.32 Å². The van der Waals surface area contributed by atoms with Crippen molar-refractivity contribution in [3.05, 3.63) is 39.0 Å². The number of hydrogen-bond donors (Lipinski definition) is 1. The number of aryl methyl sites for hydroxylation is 1. The molecule has 0 aromatic carbocycles. The molecule has 0 radical (unpaired) electrons. The maximum atomic E-state index is 4.20. The van der Waals surface area contributed by atoms with Crippen molar-refractivity contribution in [1.29, 1.82) is 0 Å². The summed E-state index contributed by atoms with van der Waals surface area (Å²) in [6.45, 7) is 2.82. The van der Waals surface area contributed by atoms with E-state index in [1.807, 2.05) is 18.5 Å². The van der Waals surface area contributed by atoms with E-state index in [4.69, 9.17) is 0 Å². The Balaban J connectivity index is 2.02. The van der Waals surface area contributed by atoms with Crippen molar-refractivity contribution in [2.45, 2.75) is 13.5 Å². The summed E-state index contributed by atoms with van der Waals surface area (Å²) in [7, 11) is 0. The Morgan fingerprint density at radius 1 is 1.47 bits per heavy atom. The average molecular weight is 284 g/mol. The highest BCUT2D eigenvalue weighted by Crippen LogP contribution is 2.17. The van der Waals surface area contributed by atoms with Crippen LogP contribution in [0, 0.1) is 6.92 Å². The normalized spacial score (nSPS) is 10.3. The highest BCUT2D eigenvalue weighted by Gasteiger charge is 2.01. The summed E-state index contributed by atoms with van der Waals surface area (Å²) in [5, 5.41) is 3.31. The molecule has 1 N–H and O–H groups in total. The zero-order valence-electron chi connectivity index (χ0n) is 8.20. The van der Waals surface area contributed by atoms with Crippen LogP contribution in [0.25, 0.3) is 0 Å². The lowest BCUT2D eigenvalue weighted by atomic mass is 10.3. The van der Waals surface area contributed by atoms with Crippen LogP contribution >= 0.6 is 27.3 Å². The second-order valence-electron chi connectivity index (χ2n) is 3.11. The number of hydrogen-bond acceptors (Lipinski definition) is 4. The van der Waals surface area contributed by atoms with E-state index < -0.39 is 0 Å². The van der Waals surface area contributed by atoms with Crippen molar-refractivity contribution in [1.82, 2.24) is 9.97 Å². The fourth-order valence-electron chi connectivity index (χ4n) is 1.19. The number of nitrogens with one attached hydrogen (secondary N) is 1. The summed E-state index contributed by atoms with van der Waals surface area (Å²) < 4.78 is 0.980. The molecule has 78 valence electrons. The van der Waals surface area contributed by atoms with Gasteiger partial charge in [0, 0.05) is 15.5 Å². The van der Waals surface area contributed by atoms with Crippen molar-refractivity contribution < 1.29 is 0 Å². The minimum atomic E-state index is 0.800. The van der Waals surface area contributed by atoms with Gasteiger partial charge in [-0.05, 0) is 28.9 Å². The molecule has 0 fully saturated rings. The third kappa shape index (κ3) is 2.76. The summed E-state index contributed by atoms with van der Waals surface area (Å²) in [6.07, 6.45) is 3.57. The van der Waals surface area contributed by atoms with Crippen LogP contribution in [0.3, 0.4) is 0 Å². The molecule has 0 amide bonds. The molecule has 0 bridgehead atoms. The minimum absolute atomic E-state index is 0.800. The highest BCUT2D eigenvalue weighted by atomic mass is 79.9. The Kier molecular flexibility index (Phi) is 3.33. The van der Waals surface area contributed by atoms with E-state index in [1.165, 1.54) is 4.88 Å². The third-order valence-electron chi connectivity index (χ3n) is 2.00. The molecule has 0 spiro atoms. The Hall–Kier alpha value is -0.940. The number of aromatic nitrogens is 2. The van der Waals surface area contributed by atoms with Crippen LogP contribution < -0.4 is 5.32 Å². The molecule has 2 aromatic rings. The molecule has 0 unspecified atom stereocenters. The number of rotatable bonds is 3. The molecule has 0 aliphatic carbocycles. The van der Waals surface area contributed by atoms with Gasteiger partial charge in [0.15, 0.2) is 0 Å². The van der Waals surface area contributed by atoms with Gasteiger partial charge in [-0.1, -0.05) is 0 Å². The molecule has 2 heterocycles. The summed E-state index contributed by atoms with van der Waals surface area (Å²) in [5.74, 6) is 0. The van der Waals surface area contributed by atoms with E-state index in [2.05, 4.69) is 31.2 Å². The SMILES string of the molecule is Cc1ncsc1CNc1cncc(Br)c1. The van der Waals surface area contributed by atoms with Crippen molar-refractivity contribution in [3.8, 4) is 0 Å². The smallest absolute Gasteiger partial charge is 0.0798 e. The largest absolute Gasteiger partial charge is 0.379 e. The molecule has 2 rings (SSSR count). The molecular formula is C10H10BrN3S. The number of anilines is 1. The lowest BCUT2D eigenvalue weighted by molar-refractivity contribution is 1.11. The Labute approximate surface area is 101 Å². The summed E-state index contributed by atoms with van der Waals surface area (Å²) in [6, 6.07) is 2.00. The van der Waals surface area contributed by atoms with Crippen LogP contribution in [0.15, 0.2) is 28.4 Å². The standard InChI is InChI=1S/C10H10BrN3S/c1-7-10(15-6-14-7)5-13-9-2-8(11)3-12-4-9/h2-4,6,13H,5H2,1H3. The number of nitrogens with zero attached hydrogens (tertiary/aromatic N) is 2. The van der Waals surface area contributed by atoms with Gasteiger partial charge in [0.2, 0.25) is 0 Å². The van der Waals surface area contributed by atoms with Gasteiger partial charge in [-0.3, -0.25) is 4.98 Å². The Morgan fingerprint density at radius 2 is 2.33 bits per heavy atom. The van der Waals surface area contributed by atoms with Gasteiger partial charge in [0.1, 0.15) is 0 Å². The van der Waals surface area contributed by atoms with Gasteiger partial charge in [-0.15, -0.1) is 11.3 Å². The molecule has 5 heteroatoms. The van der Waals surface area contributed by atoms with E-state index in [-0.39, 0.29) is 0 Å². The summed E-state index contributed by atoms with van der Waals surface area (Å²) in [4.78, 5) is 9.54. The van der Waals surface area contributed by atoms with Crippen LogP contribution in [0.1, 0.15) is 10.6 Å². The molecular weight excluding hydrogens is 274 g/mol. The molecule has 0 aliphatic rings. The molecule has 0 saturated heterocycles. The van der Waals surface area contributed by atoms with Crippen molar-refractivity contribution >= 4 is 33.0 Å². The van der Waals surface area contributed by atoms with Gasteiger partial charge in [0.05, 0.1) is 29.6 Å². The fourth-order valence-corrected chi connectivity index (χ4v) is 2.27. The molecule has 3 nitrogen and oxygen atoms in total. The van der Waals surface area contributed by atoms with E-state index in [0.29, 0.717) is 0 Å². The first kappa shape index (κ1) is 10.6. The minimum Gasteiger partial charge on any atom is -0.379 e. The van der Waals surface area contributed by atoms with Crippen LogP contribution in [0.4, 0.5) is 5.69 Å². The molecule has 15 heavy (non-hydrogen) atoms. The van der Waals surface area contributed by atoms with E-state index in [1.54, 1.807) is 23.7 Å². The zero-order valence-corrected chi connectivity index (χ0v) is 10.6. The highest BCUT2D eigenvalue weighted by molar-refractivity contribution is 9.10. The molecule has 2 aromatic heterocycles. The first-order chi connectivity index (χ1) is 7.25. The van der Waals surface area contributed by atoms with Gasteiger partial charge in [-0.2, -0.15) is 0 Å². The van der Waals surface area contributed by atoms with E-state index >= 15 is 0 Å². The summed E-state index contributed by atoms with van der Waals surface area (Å²) >= 11 is 5.05. The van der Waals surface area contributed by atoms with Crippen LogP contribution in [-0.4, -0.2) is 9.97 Å². The maximum Gasteiger partial charge on any atom is 0.0798 e. The van der Waals surface area contributed by atoms with Gasteiger partial charge in [0.25, 0.3) is 0 Å². The van der Waals surface area contributed by atoms with Crippen LogP contribution in [-0.2, 0) is 6.54 Å². The van der Waals surface area contributed by atoms with Crippen LogP contribution in [0.5, 0.6) is 0 Å². The Bertz CT molecular complexity index is 455. The van der Waals surface area contributed by atoms with Crippen molar-refractivity contribution in [3.63, 3.8) is 0 Å². The second-order valence-corrected chi connectivity index (χ2v) is 4.96. The molecule has 0 aliphatic heterocycles. The number of halogens is 1. The number of thiazole rings is 1. The first-order valence-electron chi connectivity index (χ1n) is 4.49. The van der Waals surface area contributed by atoms with E-state index in [9.17, 15) is 0 Å². The summed E-state index contributed by atoms with van der Waals surface area (Å²) in [5.41, 5.74) is 3.97. The lowest BCUT2D eigenvalue weighted by Gasteiger charge is -2.04. The molecule has 0 saturated carbocycles. The quantitative estimate of drug-likeness (QED) is 0.940. The molecule has 0 atom stereocenters. The monoisotopic (exact) mass is 283 g/mol. The zero-order chi connectivity index (χ0) is 10.7. The van der Waals surface area contributed by atoms with Gasteiger partial charge in [-0.25, -0.2) is 4.98 Å². The van der Waals surface area contributed by atoms with Crippen molar-refractivity contribution in [2.75, 3.05) is 5.32 Å². The van der Waals surface area contributed by atoms with Gasteiger partial charge >= 0.3 is 0 Å². The topological polar surface area (TPSA) is 37.8 Å². The first-order valence-corrected chi connectivity index (χ1v) is 6.16. The third-order valence-corrected chi connectivity index (χ3v) is 3.37. The Morgan fingerprint density at radius 3 is 3.00 bits per heavy atom. The lowest BCUT2D eigenvalue weighted by Crippen LogP contribution is -1.99. The predicted octanol–water partition coefficient (Wildman–Crippen LogP) is 3.22. The van der Waals surface area contributed by atoms with Crippen molar-refractivity contribution in [2.24, 2.45) is 0 Å². The van der Waals surface area contributed by atoms with E-state index in [0.717, 1.165) is 22.4 Å². The van der Waals surface area contributed by atoms with Crippen LogP contribution in [0.2, 0.25) is 0 Å². The average Bonchev–Trinajstić information content (AvgIpc) is 2.61. The predicted molar refractivity (Wildman–Crippen MR) is 66.1 cm³/mol. The number of pyridine rings is 1. The second kappa shape index (κ2) is 4.72. The fraction of sp³-hybridized carbons (Fsp3) is 0.200. The maximum absolute atomic E-state index is 4.20.